The van der Waals surface area contributed by atoms with Crippen LogP contribution in [0.4, 0.5) is 0 Å². The van der Waals surface area contributed by atoms with Crippen LogP contribution in [0.1, 0.15) is 30.4 Å². The van der Waals surface area contributed by atoms with Crippen LogP contribution in [0.5, 0.6) is 5.75 Å². The minimum Gasteiger partial charge on any atom is -0.497 e. The van der Waals surface area contributed by atoms with Gasteiger partial charge in [0, 0.05) is 20.1 Å². The summed E-state index contributed by atoms with van der Waals surface area (Å²) in [5.41, 5.74) is 2.20. The summed E-state index contributed by atoms with van der Waals surface area (Å²) in [4.78, 5) is 4.32. The number of nitrogens with two attached hydrogens (primary N) is 1. The second kappa shape index (κ2) is 12.0. The Labute approximate surface area is 190 Å². The number of aliphatic imine (C=N–C) groups is 1. The first-order valence-corrected chi connectivity index (χ1v) is 10.6. The molecule has 2 aromatic carbocycles. The van der Waals surface area contributed by atoms with Crippen molar-refractivity contribution in [2.24, 2.45) is 10.1 Å². The highest BCUT2D eigenvalue weighted by molar-refractivity contribution is 14.0. The van der Waals surface area contributed by atoms with Crippen molar-refractivity contribution in [2.75, 3.05) is 20.7 Å². The van der Waals surface area contributed by atoms with Crippen molar-refractivity contribution in [1.29, 1.82) is 0 Å². The third-order valence-electron chi connectivity index (χ3n) is 4.49. The maximum atomic E-state index is 11.3. The summed E-state index contributed by atoms with van der Waals surface area (Å²) in [5, 5.41) is 11.6. The predicted molar refractivity (Wildman–Crippen MR) is 127 cm³/mol. The molecule has 0 aliphatic carbocycles. The first kappa shape index (κ1) is 25.2. The number of nitrogens with zero attached hydrogens (tertiary/aromatic N) is 1. The van der Waals surface area contributed by atoms with Crippen molar-refractivity contribution < 1.29 is 13.2 Å². The number of hydrogen-bond donors (Lipinski definition) is 3. The molecular weight excluding hydrogens is 503 g/mol. The Kier molecular flexibility index (Phi) is 10.4. The lowest BCUT2D eigenvalue weighted by molar-refractivity contribution is 0.414. The lowest BCUT2D eigenvalue weighted by Gasteiger charge is -2.15. The van der Waals surface area contributed by atoms with Gasteiger partial charge in [0.2, 0.25) is 10.0 Å². The van der Waals surface area contributed by atoms with E-state index in [0.29, 0.717) is 18.4 Å². The minimum absolute atomic E-state index is 0. The second-order valence-electron chi connectivity index (χ2n) is 6.50. The Bertz CT molecular complexity index is 885. The van der Waals surface area contributed by atoms with E-state index in [-0.39, 0.29) is 28.9 Å². The van der Waals surface area contributed by atoms with Gasteiger partial charge in [0.15, 0.2) is 5.96 Å². The molecule has 7 nitrogen and oxygen atoms in total. The fourth-order valence-electron chi connectivity index (χ4n) is 2.71. The van der Waals surface area contributed by atoms with Crippen LogP contribution in [0.2, 0.25) is 0 Å². The maximum absolute atomic E-state index is 11.3. The lowest BCUT2D eigenvalue weighted by Crippen LogP contribution is -2.37. The summed E-state index contributed by atoms with van der Waals surface area (Å²) in [6.45, 7) is 3.49. The SMILES string of the molecule is CN=C(NCCC(C)c1ccc(OC)cc1)NCc1ccc(S(N)(=O)=O)cc1.I. The molecule has 0 aliphatic rings. The van der Waals surface area contributed by atoms with Gasteiger partial charge in [-0.2, -0.15) is 0 Å². The fourth-order valence-corrected chi connectivity index (χ4v) is 3.23. The summed E-state index contributed by atoms with van der Waals surface area (Å²) in [7, 11) is -0.289. The van der Waals surface area contributed by atoms with Gasteiger partial charge in [0.1, 0.15) is 5.75 Å². The van der Waals surface area contributed by atoms with Crippen molar-refractivity contribution in [2.45, 2.75) is 30.7 Å². The first-order valence-electron chi connectivity index (χ1n) is 9.03. The minimum atomic E-state index is -3.67. The largest absolute Gasteiger partial charge is 0.497 e. The Morgan fingerprint density at radius 2 is 1.72 bits per heavy atom. The smallest absolute Gasteiger partial charge is 0.238 e. The van der Waals surface area contributed by atoms with Crippen molar-refractivity contribution >= 4 is 40.0 Å². The Morgan fingerprint density at radius 1 is 1.10 bits per heavy atom. The summed E-state index contributed by atoms with van der Waals surface area (Å²) < 4.78 is 27.8. The van der Waals surface area contributed by atoms with Gasteiger partial charge in [-0.3, -0.25) is 4.99 Å². The molecule has 0 saturated heterocycles. The Balaban J connectivity index is 0.00000420. The van der Waals surface area contributed by atoms with Crippen LogP contribution in [0.25, 0.3) is 0 Å². The van der Waals surface area contributed by atoms with Crippen LogP contribution >= 0.6 is 24.0 Å². The third kappa shape index (κ3) is 8.19. The van der Waals surface area contributed by atoms with Gasteiger partial charge in [-0.05, 0) is 47.7 Å². The van der Waals surface area contributed by atoms with E-state index in [1.807, 2.05) is 12.1 Å². The molecule has 0 aromatic heterocycles. The second-order valence-corrected chi connectivity index (χ2v) is 8.07. The van der Waals surface area contributed by atoms with Gasteiger partial charge in [0.25, 0.3) is 0 Å². The van der Waals surface area contributed by atoms with Crippen LogP contribution < -0.4 is 20.5 Å². The van der Waals surface area contributed by atoms with Gasteiger partial charge < -0.3 is 15.4 Å². The van der Waals surface area contributed by atoms with Crippen molar-refractivity contribution in [3.8, 4) is 5.75 Å². The number of primary sulfonamides is 1. The van der Waals surface area contributed by atoms with E-state index in [1.165, 1.54) is 17.7 Å². The van der Waals surface area contributed by atoms with Crippen molar-refractivity contribution in [3.63, 3.8) is 0 Å². The molecule has 0 aliphatic heterocycles. The molecule has 1 unspecified atom stereocenters. The number of methoxy groups -OCH3 is 1. The summed E-state index contributed by atoms with van der Waals surface area (Å²) >= 11 is 0. The standard InChI is InChI=1S/C20H28N4O3S.HI/c1-15(17-6-8-18(27-3)9-7-17)12-13-23-20(22-2)24-14-16-4-10-19(11-5-16)28(21,25)26;/h4-11,15H,12-14H2,1-3H3,(H2,21,25,26)(H2,22,23,24);1H. The number of ether oxygens (including phenoxy) is 1. The molecule has 0 saturated carbocycles. The Hall–Kier alpha value is -1.85. The topological polar surface area (TPSA) is 106 Å². The van der Waals surface area contributed by atoms with E-state index in [1.54, 1.807) is 26.3 Å². The van der Waals surface area contributed by atoms with E-state index in [4.69, 9.17) is 9.88 Å². The van der Waals surface area contributed by atoms with E-state index in [0.717, 1.165) is 24.3 Å². The number of hydrogen-bond acceptors (Lipinski definition) is 4. The predicted octanol–water partition coefficient (Wildman–Crippen LogP) is 2.82. The number of halogens is 1. The zero-order chi connectivity index (χ0) is 20.6. The number of sulfonamides is 1. The quantitative estimate of drug-likeness (QED) is 0.276. The average molecular weight is 532 g/mol. The molecule has 29 heavy (non-hydrogen) atoms. The van der Waals surface area contributed by atoms with E-state index >= 15 is 0 Å². The Morgan fingerprint density at radius 3 is 2.24 bits per heavy atom. The van der Waals surface area contributed by atoms with Gasteiger partial charge in [-0.25, -0.2) is 13.6 Å². The van der Waals surface area contributed by atoms with Crippen LogP contribution in [-0.4, -0.2) is 35.1 Å². The first-order chi connectivity index (χ1) is 13.3. The van der Waals surface area contributed by atoms with Gasteiger partial charge in [0.05, 0.1) is 12.0 Å². The number of rotatable bonds is 8. The number of benzene rings is 2. The summed E-state index contributed by atoms with van der Waals surface area (Å²) in [6.07, 6.45) is 0.954. The highest BCUT2D eigenvalue weighted by Crippen LogP contribution is 2.21. The monoisotopic (exact) mass is 532 g/mol. The highest BCUT2D eigenvalue weighted by Gasteiger charge is 2.08. The summed E-state index contributed by atoms with van der Waals surface area (Å²) in [6, 6.07) is 14.6. The number of guanidine groups is 1. The van der Waals surface area contributed by atoms with Crippen LogP contribution in [-0.2, 0) is 16.6 Å². The zero-order valence-electron chi connectivity index (χ0n) is 16.9. The summed E-state index contributed by atoms with van der Waals surface area (Å²) in [5.74, 6) is 1.95. The molecule has 160 valence electrons. The molecule has 0 fully saturated rings. The molecule has 0 amide bonds. The van der Waals surface area contributed by atoms with Gasteiger partial charge in [-0.15, -0.1) is 24.0 Å². The van der Waals surface area contributed by atoms with Crippen molar-refractivity contribution in [1.82, 2.24) is 10.6 Å². The fraction of sp³-hybridized carbons (Fsp3) is 0.350. The molecule has 0 radical (unpaired) electrons. The van der Waals surface area contributed by atoms with E-state index in [2.05, 4.69) is 34.7 Å². The van der Waals surface area contributed by atoms with Crippen LogP contribution in [0.3, 0.4) is 0 Å². The van der Waals surface area contributed by atoms with Crippen LogP contribution in [0.15, 0.2) is 58.4 Å². The molecule has 2 aromatic rings. The average Bonchev–Trinajstić information content (AvgIpc) is 2.70. The molecule has 1 atom stereocenters. The van der Waals surface area contributed by atoms with E-state index in [9.17, 15) is 8.42 Å². The molecule has 9 heteroatoms. The van der Waals surface area contributed by atoms with Gasteiger partial charge in [-0.1, -0.05) is 31.2 Å². The maximum Gasteiger partial charge on any atom is 0.238 e. The van der Waals surface area contributed by atoms with Crippen molar-refractivity contribution in [3.05, 3.63) is 59.7 Å². The highest BCUT2D eigenvalue weighted by atomic mass is 127. The zero-order valence-corrected chi connectivity index (χ0v) is 20.0. The number of nitrogens with one attached hydrogen (secondary N) is 2. The lowest BCUT2D eigenvalue weighted by atomic mass is 9.98. The van der Waals surface area contributed by atoms with Gasteiger partial charge >= 0.3 is 0 Å². The molecule has 0 heterocycles. The molecule has 2 rings (SSSR count). The third-order valence-corrected chi connectivity index (χ3v) is 5.42. The molecule has 0 bridgehead atoms. The normalized spacial score (nSPS) is 12.6. The molecule has 0 spiro atoms. The van der Waals surface area contributed by atoms with E-state index < -0.39 is 10.0 Å². The van der Waals surface area contributed by atoms with Crippen LogP contribution in [0, 0.1) is 0 Å². The molecular formula is C20H29IN4O3S. The molecule has 4 N–H and O–H groups in total.